The van der Waals surface area contributed by atoms with E-state index in [-0.39, 0.29) is 6.03 Å². The highest BCUT2D eigenvalue weighted by molar-refractivity contribution is 9.10. The Hall–Kier alpha value is -3.20. The summed E-state index contributed by atoms with van der Waals surface area (Å²) in [5.74, 6) is 1.08. The smallest absolute Gasteiger partial charge is 0.337 e. The molecule has 0 unspecified atom stereocenters. The van der Waals surface area contributed by atoms with Crippen molar-refractivity contribution < 1.29 is 28.5 Å². The number of urea groups is 1. The fraction of sp³-hybridized carbons (Fsp3) is 0.333. The lowest BCUT2D eigenvalue weighted by Crippen LogP contribution is -2.48. The molecular weight excluding hydrogens is 492 g/mol. The Morgan fingerprint density at radius 1 is 1.03 bits per heavy atom. The molecule has 1 aliphatic rings. The zero-order valence-electron chi connectivity index (χ0n) is 19.2. The average molecular weight is 519 g/mol. The lowest BCUT2D eigenvalue weighted by atomic mass is 9.95. The molecule has 9 heteroatoms. The maximum absolute atomic E-state index is 13.0. The molecular formula is C24H27BrN2O6. The van der Waals surface area contributed by atoms with Crippen LogP contribution >= 0.6 is 15.9 Å². The van der Waals surface area contributed by atoms with E-state index in [9.17, 15) is 9.59 Å². The van der Waals surface area contributed by atoms with Gasteiger partial charge in [-0.25, -0.2) is 9.59 Å². The quantitative estimate of drug-likeness (QED) is 0.526. The second kappa shape index (κ2) is 10.6. The minimum Gasteiger partial charge on any atom is -0.493 e. The largest absolute Gasteiger partial charge is 0.493 e. The predicted molar refractivity (Wildman–Crippen MR) is 127 cm³/mol. The number of benzene rings is 2. The summed E-state index contributed by atoms with van der Waals surface area (Å²) in [6.45, 7) is 2.09. The van der Waals surface area contributed by atoms with Crippen molar-refractivity contribution in [2.24, 2.45) is 0 Å². The molecule has 0 radical (unpaired) electrons. The average Bonchev–Trinajstić information content (AvgIpc) is 2.82. The van der Waals surface area contributed by atoms with Gasteiger partial charge in [0.1, 0.15) is 0 Å². The molecule has 0 saturated carbocycles. The van der Waals surface area contributed by atoms with Crippen LogP contribution in [0.3, 0.4) is 0 Å². The van der Waals surface area contributed by atoms with Gasteiger partial charge in [-0.1, -0.05) is 28.1 Å². The first-order valence-corrected chi connectivity index (χ1v) is 11.0. The number of ether oxygens (including phenoxy) is 4. The van der Waals surface area contributed by atoms with E-state index in [4.69, 9.17) is 18.9 Å². The van der Waals surface area contributed by atoms with Gasteiger partial charge in [-0.05, 0) is 48.7 Å². The fourth-order valence-electron chi connectivity index (χ4n) is 3.85. The molecule has 1 atom stereocenters. The van der Waals surface area contributed by atoms with Gasteiger partial charge in [0.2, 0.25) is 5.75 Å². The van der Waals surface area contributed by atoms with Crippen molar-refractivity contribution >= 4 is 27.9 Å². The molecule has 0 saturated heterocycles. The highest BCUT2D eigenvalue weighted by atomic mass is 79.9. The molecule has 8 nitrogen and oxygen atoms in total. The standard InChI is InChI=1S/C24H27BrN2O6/c1-14-20(23(28)33-5)21(16-6-8-17(25)9-7-16)26-24(29)27(14)11-10-15-12-18(30-2)22(32-4)19(13-15)31-3/h6-9,12-13,21H,10-11H2,1-5H3,(H,26,29)/t21-/m0/s1. The fourth-order valence-corrected chi connectivity index (χ4v) is 4.12. The van der Waals surface area contributed by atoms with Crippen LogP contribution in [0.15, 0.2) is 52.1 Å². The third-order valence-electron chi connectivity index (χ3n) is 5.55. The van der Waals surface area contributed by atoms with Crippen LogP contribution in [0.1, 0.15) is 24.1 Å². The molecule has 176 valence electrons. The van der Waals surface area contributed by atoms with E-state index in [0.717, 1.165) is 15.6 Å². The van der Waals surface area contributed by atoms with Crippen LogP contribution in [0.5, 0.6) is 17.2 Å². The number of rotatable bonds is 8. The Morgan fingerprint density at radius 3 is 2.15 bits per heavy atom. The normalized spacial score (nSPS) is 15.8. The number of halogens is 1. The number of allylic oxidation sites excluding steroid dienone is 1. The summed E-state index contributed by atoms with van der Waals surface area (Å²) >= 11 is 3.41. The Kier molecular flexibility index (Phi) is 7.86. The van der Waals surface area contributed by atoms with Gasteiger partial charge < -0.3 is 24.3 Å². The van der Waals surface area contributed by atoms with E-state index in [1.807, 2.05) is 36.4 Å². The molecule has 2 aromatic rings. The van der Waals surface area contributed by atoms with Gasteiger partial charge in [0, 0.05) is 16.7 Å². The number of carbonyl (C=O) groups excluding carboxylic acids is 2. The second-order valence-electron chi connectivity index (χ2n) is 7.36. The predicted octanol–water partition coefficient (Wildman–Crippen LogP) is 4.23. The number of hydrogen-bond donors (Lipinski definition) is 1. The van der Waals surface area contributed by atoms with Gasteiger partial charge in [-0.15, -0.1) is 0 Å². The van der Waals surface area contributed by atoms with E-state index in [2.05, 4.69) is 21.2 Å². The number of carbonyl (C=O) groups is 2. The van der Waals surface area contributed by atoms with E-state index < -0.39 is 12.0 Å². The molecule has 0 spiro atoms. The second-order valence-corrected chi connectivity index (χ2v) is 8.28. The van der Waals surface area contributed by atoms with Crippen LogP contribution in [-0.2, 0) is 16.0 Å². The molecule has 2 aromatic carbocycles. The third kappa shape index (κ3) is 5.08. The molecule has 2 amide bonds. The first kappa shape index (κ1) is 24.4. The minimum atomic E-state index is -0.601. The summed E-state index contributed by atoms with van der Waals surface area (Å²) in [6, 6.07) is 10.2. The summed E-state index contributed by atoms with van der Waals surface area (Å²) < 4.78 is 22.1. The highest BCUT2D eigenvalue weighted by Gasteiger charge is 2.36. The summed E-state index contributed by atoms with van der Waals surface area (Å²) in [6.07, 6.45) is 0.499. The maximum Gasteiger partial charge on any atom is 0.337 e. The minimum absolute atomic E-state index is 0.291. The lowest BCUT2D eigenvalue weighted by molar-refractivity contribution is -0.136. The maximum atomic E-state index is 13.0. The lowest BCUT2D eigenvalue weighted by Gasteiger charge is -2.35. The summed E-state index contributed by atoms with van der Waals surface area (Å²) in [4.78, 5) is 27.3. The van der Waals surface area contributed by atoms with Crippen molar-refractivity contribution in [3.63, 3.8) is 0 Å². The monoisotopic (exact) mass is 518 g/mol. The van der Waals surface area contributed by atoms with Crippen molar-refractivity contribution in [3.8, 4) is 17.2 Å². The molecule has 1 aliphatic heterocycles. The molecule has 0 bridgehead atoms. The first-order chi connectivity index (χ1) is 15.8. The van der Waals surface area contributed by atoms with Gasteiger partial charge in [-0.2, -0.15) is 0 Å². The van der Waals surface area contributed by atoms with Gasteiger partial charge in [0.25, 0.3) is 0 Å². The third-order valence-corrected chi connectivity index (χ3v) is 6.08. The molecule has 0 fully saturated rings. The van der Waals surface area contributed by atoms with Crippen LogP contribution in [0, 0.1) is 0 Å². The molecule has 0 aromatic heterocycles. The van der Waals surface area contributed by atoms with Gasteiger partial charge in [-0.3, -0.25) is 4.90 Å². The SMILES string of the molecule is COC(=O)C1=C(C)N(CCc2cc(OC)c(OC)c(OC)c2)C(=O)N[C@H]1c1ccc(Br)cc1. The van der Waals surface area contributed by atoms with Crippen LogP contribution in [0.25, 0.3) is 0 Å². The molecule has 3 rings (SSSR count). The van der Waals surface area contributed by atoms with Crippen LogP contribution in [-0.4, -0.2) is 51.9 Å². The Labute approximate surface area is 201 Å². The van der Waals surface area contributed by atoms with Gasteiger partial charge in [0.05, 0.1) is 40.1 Å². The van der Waals surface area contributed by atoms with E-state index in [0.29, 0.717) is 41.5 Å². The Bertz CT molecular complexity index is 1040. The number of amides is 2. The Morgan fingerprint density at radius 2 is 1.64 bits per heavy atom. The summed E-state index contributed by atoms with van der Waals surface area (Å²) in [7, 11) is 5.98. The first-order valence-electron chi connectivity index (χ1n) is 10.3. The number of esters is 1. The van der Waals surface area contributed by atoms with Crippen molar-refractivity contribution in [3.05, 3.63) is 63.3 Å². The van der Waals surface area contributed by atoms with Gasteiger partial charge in [0.15, 0.2) is 11.5 Å². The number of hydrogen-bond acceptors (Lipinski definition) is 6. The summed E-state index contributed by atoms with van der Waals surface area (Å²) in [5.41, 5.74) is 2.62. The highest BCUT2D eigenvalue weighted by Crippen LogP contribution is 2.38. The molecule has 1 heterocycles. The van der Waals surface area contributed by atoms with Gasteiger partial charge >= 0.3 is 12.0 Å². The number of nitrogens with zero attached hydrogens (tertiary/aromatic N) is 1. The van der Waals surface area contributed by atoms with E-state index in [1.54, 1.807) is 33.2 Å². The van der Waals surface area contributed by atoms with Crippen LogP contribution < -0.4 is 19.5 Å². The van der Waals surface area contributed by atoms with Crippen molar-refractivity contribution in [2.75, 3.05) is 35.0 Å². The molecule has 0 aliphatic carbocycles. The van der Waals surface area contributed by atoms with Crippen LogP contribution in [0.2, 0.25) is 0 Å². The topological polar surface area (TPSA) is 86.3 Å². The summed E-state index contributed by atoms with van der Waals surface area (Å²) in [5, 5.41) is 2.94. The van der Waals surface area contributed by atoms with E-state index >= 15 is 0 Å². The van der Waals surface area contributed by atoms with Crippen molar-refractivity contribution in [1.82, 2.24) is 10.2 Å². The molecule has 33 heavy (non-hydrogen) atoms. The van der Waals surface area contributed by atoms with Crippen molar-refractivity contribution in [1.29, 1.82) is 0 Å². The molecule has 1 N–H and O–H groups in total. The zero-order chi connectivity index (χ0) is 24.1. The van der Waals surface area contributed by atoms with Crippen molar-refractivity contribution in [2.45, 2.75) is 19.4 Å². The zero-order valence-corrected chi connectivity index (χ0v) is 20.8. The number of methoxy groups -OCH3 is 4. The van der Waals surface area contributed by atoms with E-state index in [1.165, 1.54) is 7.11 Å². The van der Waals surface area contributed by atoms with Crippen LogP contribution in [0.4, 0.5) is 4.79 Å². The number of nitrogens with one attached hydrogen (secondary N) is 1. The Balaban J connectivity index is 1.92.